The Bertz CT molecular complexity index is 698. The Morgan fingerprint density at radius 3 is 2.71 bits per heavy atom. The molecule has 3 heterocycles. The summed E-state index contributed by atoms with van der Waals surface area (Å²) < 4.78 is 2.14. The van der Waals surface area contributed by atoms with Crippen LogP contribution in [0.5, 0.6) is 0 Å². The van der Waals surface area contributed by atoms with Crippen LogP contribution in [0.1, 0.15) is 48.8 Å². The minimum absolute atomic E-state index is 0.345. The second kappa shape index (κ2) is 6.55. The highest BCUT2D eigenvalue weighted by Gasteiger charge is 2.34. The van der Waals surface area contributed by atoms with Crippen LogP contribution in [0.25, 0.3) is 0 Å². The summed E-state index contributed by atoms with van der Waals surface area (Å²) in [5.74, 6) is 3.05. The third-order valence-electron chi connectivity index (χ3n) is 5.24. The van der Waals surface area contributed by atoms with Crippen LogP contribution in [-0.2, 0) is 13.6 Å². The summed E-state index contributed by atoms with van der Waals surface area (Å²) >= 11 is 0. The molecule has 2 aliphatic rings. The molecule has 0 amide bonds. The summed E-state index contributed by atoms with van der Waals surface area (Å²) in [6.45, 7) is 5.20. The van der Waals surface area contributed by atoms with Gasteiger partial charge in [0.2, 0.25) is 0 Å². The lowest BCUT2D eigenvalue weighted by molar-refractivity contribution is 0.446. The molecule has 0 spiro atoms. The predicted octanol–water partition coefficient (Wildman–Crippen LogP) is 2.96. The van der Waals surface area contributed by atoms with E-state index in [0.717, 1.165) is 37.1 Å². The zero-order valence-corrected chi connectivity index (χ0v) is 14.7. The van der Waals surface area contributed by atoms with Crippen molar-refractivity contribution in [2.75, 3.05) is 18.0 Å². The molecule has 1 saturated carbocycles. The second-order valence-electron chi connectivity index (χ2n) is 7.22. The van der Waals surface area contributed by atoms with E-state index in [1.54, 1.807) is 0 Å². The molecule has 128 valence electrons. The van der Waals surface area contributed by atoms with Crippen LogP contribution in [0.3, 0.4) is 0 Å². The van der Waals surface area contributed by atoms with Crippen LogP contribution >= 0.6 is 0 Å². The average Bonchev–Trinajstić information content (AvgIpc) is 3.09. The van der Waals surface area contributed by atoms with Gasteiger partial charge >= 0.3 is 0 Å². The summed E-state index contributed by atoms with van der Waals surface area (Å²) in [5, 5.41) is 3.77. The molecule has 24 heavy (non-hydrogen) atoms. The first-order valence-corrected chi connectivity index (χ1v) is 9.14. The Morgan fingerprint density at radius 2 is 2.04 bits per heavy atom. The molecule has 2 fully saturated rings. The molecule has 1 unspecified atom stereocenters. The summed E-state index contributed by atoms with van der Waals surface area (Å²) in [6.07, 6.45) is 9.09. The second-order valence-corrected chi connectivity index (χ2v) is 7.22. The van der Waals surface area contributed by atoms with Gasteiger partial charge in [0.05, 0.1) is 6.04 Å². The highest BCUT2D eigenvalue weighted by atomic mass is 15.2. The Hall–Kier alpha value is -1.88. The molecule has 5 heteroatoms. The topological polar surface area (TPSA) is 46.0 Å². The van der Waals surface area contributed by atoms with Gasteiger partial charge in [-0.05, 0) is 44.6 Å². The van der Waals surface area contributed by atoms with Gasteiger partial charge in [-0.1, -0.05) is 6.07 Å². The van der Waals surface area contributed by atoms with Gasteiger partial charge in [-0.3, -0.25) is 0 Å². The van der Waals surface area contributed by atoms with Gasteiger partial charge in [-0.25, -0.2) is 9.97 Å². The van der Waals surface area contributed by atoms with E-state index >= 15 is 0 Å². The molecule has 1 aliphatic carbocycles. The van der Waals surface area contributed by atoms with Crippen molar-refractivity contribution in [2.45, 2.75) is 45.2 Å². The van der Waals surface area contributed by atoms with Gasteiger partial charge in [-0.2, -0.15) is 0 Å². The third-order valence-corrected chi connectivity index (χ3v) is 5.24. The van der Waals surface area contributed by atoms with Gasteiger partial charge in [0.1, 0.15) is 11.6 Å². The molecule has 0 aromatic carbocycles. The van der Waals surface area contributed by atoms with E-state index in [2.05, 4.69) is 45.9 Å². The van der Waals surface area contributed by atoms with Crippen molar-refractivity contribution < 1.29 is 0 Å². The maximum absolute atomic E-state index is 4.84. The Morgan fingerprint density at radius 1 is 1.25 bits per heavy atom. The Labute approximate surface area is 144 Å². The zero-order chi connectivity index (χ0) is 16.5. The van der Waals surface area contributed by atoms with E-state index in [1.165, 1.54) is 37.1 Å². The van der Waals surface area contributed by atoms with Crippen molar-refractivity contribution in [3.05, 3.63) is 41.6 Å². The normalized spacial score (nSPS) is 19.0. The lowest BCUT2D eigenvalue weighted by Gasteiger charge is -2.23. The number of nitrogens with zero attached hydrogens (tertiary/aromatic N) is 4. The fourth-order valence-corrected chi connectivity index (χ4v) is 3.71. The van der Waals surface area contributed by atoms with E-state index in [9.17, 15) is 0 Å². The number of hydrogen-bond donors (Lipinski definition) is 1. The van der Waals surface area contributed by atoms with Crippen LogP contribution in [0.15, 0.2) is 24.5 Å². The molecule has 1 atom stereocenters. The first kappa shape index (κ1) is 15.6. The van der Waals surface area contributed by atoms with E-state index in [0.29, 0.717) is 6.04 Å². The quantitative estimate of drug-likeness (QED) is 0.887. The number of anilines is 1. The molecule has 4 rings (SSSR count). The van der Waals surface area contributed by atoms with Gasteiger partial charge in [0, 0.05) is 50.3 Å². The number of aryl methyl sites for hydroxylation is 2. The molecule has 2 aromatic heterocycles. The predicted molar refractivity (Wildman–Crippen MR) is 95.9 cm³/mol. The van der Waals surface area contributed by atoms with Gasteiger partial charge in [-0.15, -0.1) is 0 Å². The number of hydrogen-bond acceptors (Lipinski definition) is 4. The van der Waals surface area contributed by atoms with Crippen LogP contribution < -0.4 is 10.2 Å². The van der Waals surface area contributed by atoms with Crippen molar-refractivity contribution in [1.29, 1.82) is 0 Å². The third kappa shape index (κ3) is 3.18. The maximum Gasteiger partial charge on any atom is 0.133 e. The highest BCUT2D eigenvalue weighted by molar-refractivity contribution is 5.48. The van der Waals surface area contributed by atoms with E-state index in [-0.39, 0.29) is 0 Å². The SMILES string of the molecule is Cc1ccc(CNC(c2nccn2C)C2CC2)c(N2CCCC2)n1. The van der Waals surface area contributed by atoms with Crippen molar-refractivity contribution >= 4 is 5.82 Å². The van der Waals surface area contributed by atoms with E-state index in [1.807, 2.05) is 12.4 Å². The maximum atomic E-state index is 4.84. The summed E-state index contributed by atoms with van der Waals surface area (Å²) in [6, 6.07) is 4.72. The summed E-state index contributed by atoms with van der Waals surface area (Å²) in [5.41, 5.74) is 2.41. The van der Waals surface area contributed by atoms with Gasteiger partial charge in [0.25, 0.3) is 0 Å². The fraction of sp³-hybridized carbons (Fsp3) is 0.579. The fourth-order valence-electron chi connectivity index (χ4n) is 3.71. The first-order valence-electron chi connectivity index (χ1n) is 9.14. The van der Waals surface area contributed by atoms with Crippen LogP contribution in [0, 0.1) is 12.8 Å². The van der Waals surface area contributed by atoms with Crippen molar-refractivity contribution in [2.24, 2.45) is 13.0 Å². The number of rotatable bonds is 6. The molecular weight excluding hydrogens is 298 g/mol. The van der Waals surface area contributed by atoms with Crippen LogP contribution in [0.2, 0.25) is 0 Å². The number of aromatic nitrogens is 3. The number of imidazole rings is 1. The van der Waals surface area contributed by atoms with Crippen molar-refractivity contribution in [3.8, 4) is 0 Å². The van der Waals surface area contributed by atoms with E-state index < -0.39 is 0 Å². The first-order chi connectivity index (χ1) is 11.7. The van der Waals surface area contributed by atoms with Gasteiger partial charge < -0.3 is 14.8 Å². The number of nitrogens with one attached hydrogen (secondary N) is 1. The Kier molecular flexibility index (Phi) is 4.27. The zero-order valence-electron chi connectivity index (χ0n) is 14.7. The van der Waals surface area contributed by atoms with E-state index in [4.69, 9.17) is 4.98 Å². The minimum atomic E-state index is 0.345. The minimum Gasteiger partial charge on any atom is -0.356 e. The average molecular weight is 325 g/mol. The smallest absolute Gasteiger partial charge is 0.133 e. The van der Waals surface area contributed by atoms with Gasteiger partial charge in [0.15, 0.2) is 0 Å². The lowest BCUT2D eigenvalue weighted by atomic mass is 10.1. The Balaban J connectivity index is 1.53. The highest BCUT2D eigenvalue weighted by Crippen LogP contribution is 2.40. The molecule has 5 nitrogen and oxygen atoms in total. The largest absolute Gasteiger partial charge is 0.356 e. The monoisotopic (exact) mass is 325 g/mol. The van der Waals surface area contributed by atoms with Crippen LogP contribution in [0.4, 0.5) is 5.82 Å². The standard InChI is InChI=1S/C19H27N5/c1-14-5-6-16(18(22-14)24-10-3-4-11-24)13-21-17(15-7-8-15)19-20-9-12-23(19)2/h5-6,9,12,15,17,21H,3-4,7-8,10-11,13H2,1-2H3. The molecule has 1 N–H and O–H groups in total. The van der Waals surface area contributed by atoms with Crippen molar-refractivity contribution in [1.82, 2.24) is 19.9 Å². The lowest BCUT2D eigenvalue weighted by Crippen LogP contribution is -2.27. The van der Waals surface area contributed by atoms with Crippen molar-refractivity contribution in [3.63, 3.8) is 0 Å². The molecule has 0 radical (unpaired) electrons. The van der Waals surface area contributed by atoms with Crippen LogP contribution in [-0.4, -0.2) is 27.6 Å². The molecular formula is C19H27N5. The summed E-state index contributed by atoms with van der Waals surface area (Å²) in [7, 11) is 2.09. The molecule has 2 aromatic rings. The summed E-state index contributed by atoms with van der Waals surface area (Å²) in [4.78, 5) is 11.9. The molecule has 0 bridgehead atoms. The molecule has 1 saturated heterocycles. The number of pyridine rings is 1. The molecule has 1 aliphatic heterocycles.